The summed E-state index contributed by atoms with van der Waals surface area (Å²) >= 11 is 1.51. The summed E-state index contributed by atoms with van der Waals surface area (Å²) < 4.78 is 8.81. The van der Waals surface area contributed by atoms with E-state index in [0.29, 0.717) is 17.0 Å². The standard InChI is InChI=1S/C18H18N2O2S/c1-3-15(22-13-9-5-4-6-10-13)17(21)19-18-20(2)14-11-7-8-12-16(14)23-18/h4-12,15H,3H2,1-2H3/t15-/m0/s1. The van der Waals surface area contributed by atoms with Gasteiger partial charge in [-0.05, 0) is 30.7 Å². The highest BCUT2D eigenvalue weighted by Crippen LogP contribution is 2.16. The highest BCUT2D eigenvalue weighted by Gasteiger charge is 2.18. The Morgan fingerprint density at radius 2 is 1.87 bits per heavy atom. The van der Waals surface area contributed by atoms with Gasteiger partial charge in [-0.15, -0.1) is 0 Å². The quantitative estimate of drug-likeness (QED) is 0.736. The molecule has 0 saturated carbocycles. The second-order valence-electron chi connectivity index (χ2n) is 5.19. The van der Waals surface area contributed by atoms with Crippen LogP contribution in [0.4, 0.5) is 0 Å². The molecule has 4 nitrogen and oxygen atoms in total. The van der Waals surface area contributed by atoms with Crippen LogP contribution in [-0.4, -0.2) is 16.6 Å². The number of carbonyl (C=O) groups is 1. The van der Waals surface area contributed by atoms with E-state index in [0.717, 1.165) is 10.2 Å². The van der Waals surface area contributed by atoms with E-state index in [2.05, 4.69) is 4.99 Å². The van der Waals surface area contributed by atoms with Gasteiger partial charge in [0.25, 0.3) is 5.91 Å². The second-order valence-corrected chi connectivity index (χ2v) is 6.20. The molecule has 0 N–H and O–H groups in total. The molecule has 3 aromatic rings. The molecule has 0 bridgehead atoms. The van der Waals surface area contributed by atoms with Crippen molar-refractivity contribution >= 4 is 27.5 Å². The number of nitrogens with zero attached hydrogens (tertiary/aromatic N) is 2. The number of para-hydroxylation sites is 2. The Hall–Kier alpha value is -2.40. The molecule has 3 rings (SSSR count). The SMILES string of the molecule is CC[C@H](Oc1ccccc1)C(=O)N=c1sc2ccccc2n1C. The average Bonchev–Trinajstić information content (AvgIpc) is 2.90. The van der Waals surface area contributed by atoms with Crippen molar-refractivity contribution in [1.82, 2.24) is 4.57 Å². The summed E-state index contributed by atoms with van der Waals surface area (Å²) in [6.45, 7) is 1.92. The third-order valence-electron chi connectivity index (χ3n) is 3.59. The summed E-state index contributed by atoms with van der Waals surface area (Å²) in [5.74, 6) is 0.433. The first-order valence-corrected chi connectivity index (χ1v) is 8.35. The van der Waals surface area contributed by atoms with Crippen molar-refractivity contribution in [2.75, 3.05) is 0 Å². The molecule has 0 saturated heterocycles. The van der Waals surface area contributed by atoms with E-state index in [-0.39, 0.29) is 5.91 Å². The van der Waals surface area contributed by atoms with Gasteiger partial charge < -0.3 is 9.30 Å². The van der Waals surface area contributed by atoms with Crippen LogP contribution in [0.2, 0.25) is 0 Å². The van der Waals surface area contributed by atoms with Crippen LogP contribution in [-0.2, 0) is 11.8 Å². The minimum Gasteiger partial charge on any atom is -0.481 e. The fourth-order valence-electron chi connectivity index (χ4n) is 2.33. The maximum Gasteiger partial charge on any atom is 0.289 e. The van der Waals surface area contributed by atoms with Gasteiger partial charge in [-0.1, -0.05) is 48.6 Å². The number of hydrogen-bond acceptors (Lipinski definition) is 3. The number of carbonyl (C=O) groups excluding carboxylic acids is 1. The lowest BCUT2D eigenvalue weighted by molar-refractivity contribution is -0.124. The largest absolute Gasteiger partial charge is 0.481 e. The van der Waals surface area contributed by atoms with E-state index >= 15 is 0 Å². The molecule has 0 spiro atoms. The van der Waals surface area contributed by atoms with Gasteiger partial charge in [0.1, 0.15) is 5.75 Å². The van der Waals surface area contributed by atoms with E-state index in [1.807, 2.05) is 73.1 Å². The molecule has 118 valence electrons. The molecule has 0 aliphatic carbocycles. The van der Waals surface area contributed by atoms with Crippen molar-refractivity contribution in [2.45, 2.75) is 19.4 Å². The molecule has 1 heterocycles. The number of benzene rings is 2. The normalized spacial score (nSPS) is 13.2. The lowest BCUT2D eigenvalue weighted by atomic mass is 10.2. The van der Waals surface area contributed by atoms with Gasteiger partial charge in [0.15, 0.2) is 10.9 Å². The molecule has 1 atom stereocenters. The fourth-order valence-corrected chi connectivity index (χ4v) is 3.35. The van der Waals surface area contributed by atoms with Crippen molar-refractivity contribution in [3.8, 4) is 5.75 Å². The topological polar surface area (TPSA) is 43.6 Å². The monoisotopic (exact) mass is 326 g/mol. The van der Waals surface area contributed by atoms with Gasteiger partial charge in [0.2, 0.25) is 0 Å². The molecule has 23 heavy (non-hydrogen) atoms. The first-order valence-electron chi connectivity index (χ1n) is 7.54. The van der Waals surface area contributed by atoms with Crippen LogP contribution in [0, 0.1) is 0 Å². The fraction of sp³-hybridized carbons (Fsp3) is 0.222. The van der Waals surface area contributed by atoms with Crippen LogP contribution in [0.3, 0.4) is 0 Å². The van der Waals surface area contributed by atoms with Crippen LogP contribution >= 0.6 is 11.3 Å². The van der Waals surface area contributed by atoms with Crippen molar-refractivity contribution < 1.29 is 9.53 Å². The molecule has 5 heteroatoms. The number of fused-ring (bicyclic) bond motifs is 1. The Balaban J connectivity index is 1.90. The molecule has 0 aliphatic rings. The number of amides is 1. The molecule has 0 aliphatic heterocycles. The Kier molecular flexibility index (Phi) is 4.57. The minimum absolute atomic E-state index is 0.251. The maximum atomic E-state index is 12.5. The van der Waals surface area contributed by atoms with Crippen LogP contribution < -0.4 is 9.54 Å². The van der Waals surface area contributed by atoms with Crippen LogP contribution in [0.5, 0.6) is 5.75 Å². The van der Waals surface area contributed by atoms with Crippen LogP contribution in [0.15, 0.2) is 59.6 Å². The van der Waals surface area contributed by atoms with Gasteiger partial charge in [0, 0.05) is 7.05 Å². The summed E-state index contributed by atoms with van der Waals surface area (Å²) in [5, 5.41) is 0. The number of rotatable bonds is 4. The zero-order valence-corrected chi connectivity index (χ0v) is 13.9. The summed E-state index contributed by atoms with van der Waals surface area (Å²) in [7, 11) is 1.92. The molecule has 2 aromatic carbocycles. The summed E-state index contributed by atoms with van der Waals surface area (Å²) in [5.41, 5.74) is 1.07. The molecule has 0 fully saturated rings. The Morgan fingerprint density at radius 1 is 1.17 bits per heavy atom. The minimum atomic E-state index is -0.567. The molecule has 1 amide bonds. The summed E-state index contributed by atoms with van der Waals surface area (Å²) in [6, 6.07) is 17.4. The van der Waals surface area contributed by atoms with Crippen LogP contribution in [0.25, 0.3) is 10.2 Å². The average molecular weight is 326 g/mol. The van der Waals surface area contributed by atoms with Gasteiger partial charge in [0.05, 0.1) is 10.2 Å². The molecule has 0 unspecified atom stereocenters. The van der Waals surface area contributed by atoms with Crippen molar-refractivity contribution in [3.63, 3.8) is 0 Å². The highest BCUT2D eigenvalue weighted by atomic mass is 32.1. The number of aromatic nitrogens is 1. The lowest BCUT2D eigenvalue weighted by Crippen LogP contribution is -2.27. The number of ether oxygens (including phenoxy) is 1. The third kappa shape index (κ3) is 3.35. The first-order chi connectivity index (χ1) is 11.2. The van der Waals surface area contributed by atoms with E-state index in [4.69, 9.17) is 4.74 Å². The second kappa shape index (κ2) is 6.79. The van der Waals surface area contributed by atoms with Gasteiger partial charge in [-0.3, -0.25) is 4.79 Å². The third-order valence-corrected chi connectivity index (χ3v) is 4.70. The summed E-state index contributed by atoms with van der Waals surface area (Å²) in [6.07, 6.45) is 0.00821. The van der Waals surface area contributed by atoms with Crippen molar-refractivity contribution in [2.24, 2.45) is 12.0 Å². The molecule has 0 radical (unpaired) electrons. The number of thiazole rings is 1. The zero-order valence-electron chi connectivity index (χ0n) is 13.1. The highest BCUT2D eigenvalue weighted by molar-refractivity contribution is 7.16. The zero-order chi connectivity index (χ0) is 16.2. The number of hydrogen-bond donors (Lipinski definition) is 0. The predicted octanol–water partition coefficient (Wildman–Crippen LogP) is 3.52. The van der Waals surface area contributed by atoms with Crippen molar-refractivity contribution in [1.29, 1.82) is 0 Å². The van der Waals surface area contributed by atoms with Crippen molar-refractivity contribution in [3.05, 3.63) is 59.4 Å². The Bertz CT molecular complexity index is 881. The Morgan fingerprint density at radius 3 is 2.57 bits per heavy atom. The van der Waals surface area contributed by atoms with E-state index in [1.165, 1.54) is 11.3 Å². The van der Waals surface area contributed by atoms with Gasteiger partial charge in [-0.2, -0.15) is 4.99 Å². The van der Waals surface area contributed by atoms with E-state index < -0.39 is 6.10 Å². The summed E-state index contributed by atoms with van der Waals surface area (Å²) in [4.78, 5) is 17.4. The van der Waals surface area contributed by atoms with E-state index in [1.54, 1.807) is 0 Å². The first kappa shape index (κ1) is 15.5. The smallest absolute Gasteiger partial charge is 0.289 e. The Labute approximate surface area is 138 Å². The van der Waals surface area contributed by atoms with E-state index in [9.17, 15) is 4.79 Å². The molecular weight excluding hydrogens is 308 g/mol. The van der Waals surface area contributed by atoms with Gasteiger partial charge >= 0.3 is 0 Å². The number of aryl methyl sites for hydroxylation is 1. The van der Waals surface area contributed by atoms with Gasteiger partial charge in [-0.25, -0.2) is 0 Å². The molecule has 1 aromatic heterocycles. The maximum absolute atomic E-state index is 12.5. The molecular formula is C18H18N2O2S. The lowest BCUT2D eigenvalue weighted by Gasteiger charge is -2.13. The predicted molar refractivity (Wildman–Crippen MR) is 92.5 cm³/mol. The van der Waals surface area contributed by atoms with Crippen LogP contribution in [0.1, 0.15) is 13.3 Å².